The molecule has 3 aromatic rings. The van der Waals surface area contributed by atoms with Crippen molar-refractivity contribution < 1.29 is 8.78 Å². The summed E-state index contributed by atoms with van der Waals surface area (Å²) in [5.41, 5.74) is 1.72. The largest absolute Gasteiger partial charge is 0.380 e. The van der Waals surface area contributed by atoms with Crippen molar-refractivity contribution in [2.75, 3.05) is 5.32 Å². The molecule has 0 atom stereocenters. The minimum atomic E-state index is -0.556. The first kappa shape index (κ1) is 12.5. The summed E-state index contributed by atoms with van der Waals surface area (Å²) < 4.78 is 27.0. The van der Waals surface area contributed by atoms with E-state index >= 15 is 0 Å². The Morgan fingerprint density at radius 1 is 0.950 bits per heavy atom. The molecule has 2 nitrogen and oxygen atoms in total. The third-order valence-corrected chi connectivity index (χ3v) is 3.11. The van der Waals surface area contributed by atoms with Crippen molar-refractivity contribution in [3.8, 4) is 0 Å². The molecule has 0 aliphatic heterocycles. The smallest absolute Gasteiger partial charge is 0.215 e. The van der Waals surface area contributed by atoms with Gasteiger partial charge in [-0.3, -0.25) is 0 Å². The van der Waals surface area contributed by atoms with Crippen LogP contribution in [0.1, 0.15) is 5.56 Å². The first-order valence-electron chi connectivity index (χ1n) is 6.26. The average molecular weight is 270 g/mol. The van der Waals surface area contributed by atoms with Crippen LogP contribution in [0.3, 0.4) is 0 Å². The average Bonchev–Trinajstić information content (AvgIpc) is 2.46. The Bertz CT molecular complexity index is 756. The van der Waals surface area contributed by atoms with Crippen LogP contribution in [-0.4, -0.2) is 4.98 Å². The Hall–Kier alpha value is -2.49. The highest BCUT2D eigenvalue weighted by Gasteiger charge is 2.06. The Balaban J connectivity index is 1.93. The van der Waals surface area contributed by atoms with Gasteiger partial charge in [-0.1, -0.05) is 36.4 Å². The van der Waals surface area contributed by atoms with Gasteiger partial charge in [-0.15, -0.1) is 0 Å². The molecular weight excluding hydrogens is 258 g/mol. The molecule has 3 rings (SSSR count). The van der Waals surface area contributed by atoms with Crippen LogP contribution in [0.5, 0.6) is 0 Å². The molecule has 0 radical (unpaired) electrons. The molecule has 0 aliphatic carbocycles. The number of nitrogens with one attached hydrogen (secondary N) is 1. The Kier molecular flexibility index (Phi) is 3.29. The minimum Gasteiger partial charge on any atom is -0.380 e. The number of hydrogen-bond donors (Lipinski definition) is 1. The van der Waals surface area contributed by atoms with Crippen molar-refractivity contribution in [1.82, 2.24) is 4.98 Å². The Morgan fingerprint density at radius 2 is 1.70 bits per heavy atom. The van der Waals surface area contributed by atoms with Crippen molar-refractivity contribution in [3.05, 3.63) is 71.9 Å². The lowest BCUT2D eigenvalue weighted by atomic mass is 10.1. The van der Waals surface area contributed by atoms with E-state index in [1.54, 1.807) is 30.3 Å². The summed E-state index contributed by atoms with van der Waals surface area (Å²) in [6.07, 6.45) is 0. The van der Waals surface area contributed by atoms with E-state index in [9.17, 15) is 8.78 Å². The topological polar surface area (TPSA) is 24.9 Å². The molecule has 0 saturated heterocycles. The number of rotatable bonds is 3. The highest BCUT2D eigenvalue weighted by molar-refractivity contribution is 5.90. The predicted octanol–water partition coefficient (Wildman–Crippen LogP) is 4.13. The molecule has 1 aromatic heterocycles. The van der Waals surface area contributed by atoms with Gasteiger partial charge in [-0.25, -0.2) is 9.37 Å². The lowest BCUT2D eigenvalue weighted by molar-refractivity contribution is 0.589. The molecule has 0 aliphatic rings. The number of aromatic nitrogens is 1. The zero-order valence-corrected chi connectivity index (χ0v) is 10.6. The summed E-state index contributed by atoms with van der Waals surface area (Å²) in [5, 5.41) is 3.88. The van der Waals surface area contributed by atoms with E-state index in [1.807, 2.05) is 12.1 Å². The van der Waals surface area contributed by atoms with Gasteiger partial charge in [0.25, 0.3) is 0 Å². The number of para-hydroxylation sites is 1. The lowest BCUT2D eigenvalue weighted by Gasteiger charge is -2.10. The molecule has 1 heterocycles. The van der Waals surface area contributed by atoms with E-state index in [1.165, 1.54) is 12.1 Å². The molecule has 20 heavy (non-hydrogen) atoms. The van der Waals surface area contributed by atoms with E-state index < -0.39 is 5.95 Å². The second kappa shape index (κ2) is 5.25. The zero-order chi connectivity index (χ0) is 13.9. The van der Waals surface area contributed by atoms with E-state index in [0.29, 0.717) is 23.3 Å². The van der Waals surface area contributed by atoms with Gasteiger partial charge < -0.3 is 5.32 Å². The van der Waals surface area contributed by atoms with E-state index in [0.717, 1.165) is 5.39 Å². The number of fused-ring (bicyclic) bond motifs is 1. The molecule has 0 amide bonds. The molecule has 0 fully saturated rings. The van der Waals surface area contributed by atoms with Crippen LogP contribution in [0, 0.1) is 11.8 Å². The van der Waals surface area contributed by atoms with Gasteiger partial charge in [0.2, 0.25) is 5.95 Å². The third kappa shape index (κ3) is 2.45. The highest BCUT2D eigenvalue weighted by Crippen LogP contribution is 2.23. The van der Waals surface area contributed by atoms with Crippen molar-refractivity contribution in [3.63, 3.8) is 0 Å². The second-order valence-electron chi connectivity index (χ2n) is 4.45. The maximum Gasteiger partial charge on any atom is 0.215 e. The fourth-order valence-corrected chi connectivity index (χ4v) is 2.12. The second-order valence-corrected chi connectivity index (χ2v) is 4.45. The quantitative estimate of drug-likeness (QED) is 0.724. The van der Waals surface area contributed by atoms with Crippen LogP contribution in [0.25, 0.3) is 10.9 Å². The molecule has 100 valence electrons. The summed E-state index contributed by atoms with van der Waals surface area (Å²) in [6, 6.07) is 15.1. The van der Waals surface area contributed by atoms with E-state index in [2.05, 4.69) is 10.3 Å². The minimum absolute atomic E-state index is 0.279. The summed E-state index contributed by atoms with van der Waals surface area (Å²) in [5.74, 6) is -0.835. The summed E-state index contributed by atoms with van der Waals surface area (Å²) in [7, 11) is 0. The molecule has 2 aromatic carbocycles. The number of benzene rings is 2. The van der Waals surface area contributed by atoms with E-state index in [-0.39, 0.29) is 5.82 Å². The summed E-state index contributed by atoms with van der Waals surface area (Å²) >= 11 is 0. The molecule has 1 N–H and O–H groups in total. The van der Waals surface area contributed by atoms with Crippen LogP contribution < -0.4 is 5.32 Å². The van der Waals surface area contributed by atoms with Gasteiger partial charge in [-0.2, -0.15) is 4.39 Å². The number of nitrogens with zero attached hydrogens (tertiary/aromatic N) is 1. The number of pyridine rings is 1. The lowest BCUT2D eigenvalue weighted by Crippen LogP contribution is -2.03. The molecular formula is C16H12F2N2. The van der Waals surface area contributed by atoms with Crippen molar-refractivity contribution in [2.24, 2.45) is 0 Å². The normalized spacial score (nSPS) is 10.7. The zero-order valence-electron chi connectivity index (χ0n) is 10.6. The molecule has 0 spiro atoms. The first-order valence-corrected chi connectivity index (χ1v) is 6.26. The SMILES string of the molecule is Fc1cc(NCc2ccccc2F)c2ccccc2n1. The van der Waals surface area contributed by atoms with Gasteiger partial charge in [0, 0.05) is 29.2 Å². The molecule has 0 bridgehead atoms. The van der Waals surface area contributed by atoms with Crippen LogP contribution in [0.4, 0.5) is 14.5 Å². The van der Waals surface area contributed by atoms with Gasteiger partial charge in [0.1, 0.15) is 5.82 Å². The molecule has 0 unspecified atom stereocenters. The predicted molar refractivity (Wildman–Crippen MR) is 75.4 cm³/mol. The van der Waals surface area contributed by atoms with Gasteiger partial charge in [0.15, 0.2) is 0 Å². The number of anilines is 1. The van der Waals surface area contributed by atoms with Crippen LogP contribution in [0.2, 0.25) is 0 Å². The third-order valence-electron chi connectivity index (χ3n) is 3.11. The maximum absolute atomic E-state index is 13.6. The van der Waals surface area contributed by atoms with Gasteiger partial charge in [0.05, 0.1) is 5.52 Å². The molecule has 0 saturated carbocycles. The van der Waals surface area contributed by atoms with Crippen molar-refractivity contribution >= 4 is 16.6 Å². The van der Waals surface area contributed by atoms with Crippen molar-refractivity contribution in [2.45, 2.75) is 6.54 Å². The fraction of sp³-hybridized carbons (Fsp3) is 0.0625. The standard InChI is InChI=1S/C16H12F2N2/c17-13-7-3-1-5-11(13)10-19-15-9-16(18)20-14-8-4-2-6-12(14)15/h1-9H,10H2,(H,19,20). The summed E-state index contributed by atoms with van der Waals surface area (Å²) in [6.45, 7) is 0.292. The van der Waals surface area contributed by atoms with Gasteiger partial charge >= 0.3 is 0 Å². The fourth-order valence-electron chi connectivity index (χ4n) is 2.12. The van der Waals surface area contributed by atoms with Gasteiger partial charge in [-0.05, 0) is 12.1 Å². The maximum atomic E-state index is 13.6. The van der Waals surface area contributed by atoms with Crippen LogP contribution in [-0.2, 0) is 6.54 Å². The Morgan fingerprint density at radius 3 is 2.55 bits per heavy atom. The summed E-state index contributed by atoms with van der Waals surface area (Å²) in [4.78, 5) is 3.83. The number of halogens is 2. The Labute approximate surface area is 115 Å². The number of hydrogen-bond acceptors (Lipinski definition) is 2. The molecule has 4 heteroatoms. The van der Waals surface area contributed by atoms with Crippen LogP contribution >= 0.6 is 0 Å². The van der Waals surface area contributed by atoms with Crippen molar-refractivity contribution in [1.29, 1.82) is 0 Å². The van der Waals surface area contributed by atoms with Crippen LogP contribution in [0.15, 0.2) is 54.6 Å². The van der Waals surface area contributed by atoms with E-state index in [4.69, 9.17) is 0 Å². The monoisotopic (exact) mass is 270 g/mol. The first-order chi connectivity index (χ1) is 9.74. The highest BCUT2D eigenvalue weighted by atomic mass is 19.1.